The number of ketones is 1. The SMILES string of the molecule is [C-]#[N+]C1=C[C@@]2(P)C(=O)N(C3CCCC3)CC=C2C(C)(C)C1=O. The molecule has 0 bridgehead atoms. The van der Waals surface area contributed by atoms with Gasteiger partial charge in [-0.15, -0.1) is 9.24 Å². The fourth-order valence-electron chi connectivity index (χ4n) is 4.04. The Morgan fingerprint density at radius 2 is 1.95 bits per heavy atom. The molecule has 0 N–H and O–H groups in total. The predicted octanol–water partition coefficient (Wildman–Crippen LogP) is 2.72. The Kier molecular flexibility index (Phi) is 3.53. The molecule has 0 aromatic heterocycles. The third-order valence-electron chi connectivity index (χ3n) is 5.28. The van der Waals surface area contributed by atoms with E-state index in [1.165, 1.54) is 12.8 Å². The van der Waals surface area contributed by atoms with E-state index in [4.69, 9.17) is 6.57 Å². The highest BCUT2D eigenvalue weighted by Gasteiger charge is 2.54. The summed E-state index contributed by atoms with van der Waals surface area (Å²) < 4.78 is 0. The van der Waals surface area contributed by atoms with Crippen LogP contribution in [0, 0.1) is 12.0 Å². The minimum Gasteiger partial charge on any atom is -0.335 e. The summed E-state index contributed by atoms with van der Waals surface area (Å²) in [7, 11) is 2.63. The Hall–Kier alpha value is -1.46. The minimum atomic E-state index is -0.932. The number of carbonyl (C=O) groups is 2. The molecule has 1 aliphatic heterocycles. The second-order valence-corrected chi connectivity index (χ2v) is 7.89. The van der Waals surface area contributed by atoms with Crippen LogP contribution in [-0.4, -0.2) is 34.3 Å². The van der Waals surface area contributed by atoms with Gasteiger partial charge in [-0.1, -0.05) is 38.8 Å². The molecule has 116 valence electrons. The summed E-state index contributed by atoms with van der Waals surface area (Å²) in [4.78, 5) is 30.9. The van der Waals surface area contributed by atoms with Gasteiger partial charge in [-0.05, 0) is 18.4 Å². The molecule has 3 aliphatic rings. The second-order valence-electron chi connectivity index (χ2n) is 6.98. The predicted molar refractivity (Wildman–Crippen MR) is 88.0 cm³/mol. The lowest BCUT2D eigenvalue weighted by molar-refractivity contribution is -0.135. The van der Waals surface area contributed by atoms with Crippen molar-refractivity contribution in [2.75, 3.05) is 6.54 Å². The van der Waals surface area contributed by atoms with Crippen molar-refractivity contribution in [2.24, 2.45) is 5.41 Å². The number of hydrogen-bond acceptors (Lipinski definition) is 2. The topological polar surface area (TPSA) is 41.7 Å². The molecule has 2 atom stereocenters. The number of Topliss-reactive ketones (excluding diaryl/α,β-unsaturated/α-hetero) is 1. The third-order valence-corrected chi connectivity index (χ3v) is 6.00. The van der Waals surface area contributed by atoms with Gasteiger partial charge in [-0.25, -0.2) is 4.85 Å². The summed E-state index contributed by atoms with van der Waals surface area (Å²) >= 11 is 0. The van der Waals surface area contributed by atoms with E-state index >= 15 is 0 Å². The molecule has 1 unspecified atom stereocenters. The number of hydrogen-bond donors (Lipinski definition) is 0. The van der Waals surface area contributed by atoms with Crippen LogP contribution in [0.3, 0.4) is 0 Å². The van der Waals surface area contributed by atoms with Gasteiger partial charge in [0.25, 0.3) is 0 Å². The molecule has 0 saturated heterocycles. The largest absolute Gasteiger partial charge is 0.335 e. The quantitative estimate of drug-likeness (QED) is 0.424. The van der Waals surface area contributed by atoms with Crippen LogP contribution in [0.5, 0.6) is 0 Å². The average Bonchev–Trinajstić information content (AvgIpc) is 2.99. The maximum atomic E-state index is 13.1. The van der Waals surface area contributed by atoms with Crippen molar-refractivity contribution in [1.29, 1.82) is 0 Å². The number of rotatable bonds is 1. The zero-order valence-corrected chi connectivity index (χ0v) is 14.2. The zero-order chi connectivity index (χ0) is 16.1. The molecule has 5 heteroatoms. The zero-order valence-electron chi connectivity index (χ0n) is 13.1. The Bertz CT molecular complexity index is 650. The second kappa shape index (κ2) is 5.03. The van der Waals surface area contributed by atoms with Crippen molar-refractivity contribution in [3.63, 3.8) is 0 Å². The molecule has 0 spiro atoms. The van der Waals surface area contributed by atoms with Gasteiger partial charge in [0.2, 0.25) is 11.6 Å². The van der Waals surface area contributed by atoms with E-state index in [9.17, 15) is 9.59 Å². The van der Waals surface area contributed by atoms with Crippen LogP contribution in [0.2, 0.25) is 0 Å². The maximum Gasteiger partial charge on any atom is 0.239 e. The molecular weight excluding hydrogens is 295 g/mol. The molecule has 1 amide bonds. The Labute approximate surface area is 133 Å². The molecule has 2 aliphatic carbocycles. The average molecular weight is 316 g/mol. The summed E-state index contributed by atoms with van der Waals surface area (Å²) in [5.74, 6) is -0.169. The first-order chi connectivity index (χ1) is 10.3. The van der Waals surface area contributed by atoms with Crippen LogP contribution in [0.1, 0.15) is 39.5 Å². The van der Waals surface area contributed by atoms with Crippen LogP contribution in [0.25, 0.3) is 4.85 Å². The van der Waals surface area contributed by atoms with Crippen molar-refractivity contribution in [3.05, 3.63) is 34.8 Å². The molecule has 0 radical (unpaired) electrons. The first-order valence-corrected chi connectivity index (χ1v) is 8.36. The molecule has 22 heavy (non-hydrogen) atoms. The smallest absolute Gasteiger partial charge is 0.239 e. The lowest BCUT2D eigenvalue weighted by Crippen LogP contribution is -2.57. The summed E-state index contributed by atoms with van der Waals surface area (Å²) in [5.41, 5.74) is 0.105. The number of carbonyl (C=O) groups excluding carboxylic acids is 2. The summed E-state index contributed by atoms with van der Waals surface area (Å²) in [5, 5.41) is -0.932. The Morgan fingerprint density at radius 1 is 1.32 bits per heavy atom. The number of allylic oxidation sites excluding steroid dienone is 1. The van der Waals surface area contributed by atoms with E-state index in [1.807, 2.05) is 24.8 Å². The third kappa shape index (κ3) is 1.99. The highest BCUT2D eigenvalue weighted by Crippen LogP contribution is 2.50. The van der Waals surface area contributed by atoms with Crippen LogP contribution in [-0.2, 0) is 9.59 Å². The van der Waals surface area contributed by atoms with E-state index in [-0.39, 0.29) is 17.4 Å². The van der Waals surface area contributed by atoms with Gasteiger partial charge < -0.3 is 9.69 Å². The van der Waals surface area contributed by atoms with Crippen molar-refractivity contribution in [2.45, 2.75) is 50.7 Å². The van der Waals surface area contributed by atoms with Gasteiger partial charge in [0, 0.05) is 18.0 Å². The number of amides is 1. The molecule has 0 aromatic carbocycles. The maximum absolute atomic E-state index is 13.1. The fourth-order valence-corrected chi connectivity index (χ4v) is 4.85. The van der Waals surface area contributed by atoms with Gasteiger partial charge in [-0.2, -0.15) is 0 Å². The molecule has 1 saturated carbocycles. The van der Waals surface area contributed by atoms with E-state index in [0.29, 0.717) is 12.6 Å². The van der Waals surface area contributed by atoms with Crippen molar-refractivity contribution in [3.8, 4) is 0 Å². The van der Waals surface area contributed by atoms with Crippen LogP contribution < -0.4 is 0 Å². The van der Waals surface area contributed by atoms with Crippen LogP contribution in [0.15, 0.2) is 23.4 Å². The minimum absolute atomic E-state index is 0.0172. The Balaban J connectivity index is 2.09. The van der Waals surface area contributed by atoms with E-state index < -0.39 is 10.6 Å². The highest BCUT2D eigenvalue weighted by atomic mass is 31.0. The van der Waals surface area contributed by atoms with Crippen LogP contribution in [0.4, 0.5) is 0 Å². The standard InChI is InChI=1S/C17H21N2O2P/c1-16(2)13-8-9-19(11-6-4-5-7-11)15(21)17(13,22)10-12(18-3)14(16)20/h8,10-11H,4-7,9,22H2,1-2H3/t17-/m0/s1. The number of fused-ring (bicyclic) bond motifs is 1. The molecule has 3 rings (SSSR count). The van der Waals surface area contributed by atoms with Gasteiger partial charge in [-0.3, -0.25) is 4.79 Å². The lowest BCUT2D eigenvalue weighted by atomic mass is 9.67. The fraction of sp³-hybridized carbons (Fsp3) is 0.588. The van der Waals surface area contributed by atoms with E-state index in [1.54, 1.807) is 6.08 Å². The van der Waals surface area contributed by atoms with E-state index in [2.05, 4.69) is 14.1 Å². The molecule has 1 fully saturated rings. The molecule has 4 nitrogen and oxygen atoms in total. The molecule has 1 heterocycles. The van der Waals surface area contributed by atoms with Gasteiger partial charge in [0.05, 0.1) is 11.7 Å². The van der Waals surface area contributed by atoms with Crippen molar-refractivity contribution >= 4 is 20.9 Å². The number of nitrogens with zero attached hydrogens (tertiary/aromatic N) is 2. The van der Waals surface area contributed by atoms with Crippen molar-refractivity contribution < 1.29 is 9.59 Å². The van der Waals surface area contributed by atoms with Crippen molar-refractivity contribution in [1.82, 2.24) is 4.90 Å². The van der Waals surface area contributed by atoms with E-state index in [0.717, 1.165) is 18.4 Å². The van der Waals surface area contributed by atoms with Crippen LogP contribution >= 0.6 is 9.24 Å². The first-order valence-electron chi connectivity index (χ1n) is 7.78. The highest BCUT2D eigenvalue weighted by molar-refractivity contribution is 7.22. The van der Waals surface area contributed by atoms with Gasteiger partial charge in [0.15, 0.2) is 5.78 Å². The lowest BCUT2D eigenvalue weighted by Gasteiger charge is -2.47. The monoisotopic (exact) mass is 316 g/mol. The molecular formula is C17H21N2O2P. The Morgan fingerprint density at radius 3 is 2.55 bits per heavy atom. The summed E-state index contributed by atoms with van der Waals surface area (Å²) in [6, 6.07) is 0.299. The van der Waals surface area contributed by atoms with Gasteiger partial charge >= 0.3 is 0 Å². The normalized spacial score (nSPS) is 31.5. The summed E-state index contributed by atoms with van der Waals surface area (Å²) in [6.07, 6.45) is 8.04. The molecule has 0 aromatic rings. The van der Waals surface area contributed by atoms with Gasteiger partial charge in [0.1, 0.15) is 0 Å². The first kappa shape index (κ1) is 15.4. The summed E-state index contributed by atoms with van der Waals surface area (Å²) in [6.45, 7) is 11.5.